The predicted octanol–water partition coefficient (Wildman–Crippen LogP) is 4.56. The van der Waals surface area contributed by atoms with Crippen molar-refractivity contribution in [1.29, 1.82) is 0 Å². The number of aromatic nitrogens is 2. The fourth-order valence-electron chi connectivity index (χ4n) is 3.06. The van der Waals surface area contributed by atoms with Gasteiger partial charge in [0.1, 0.15) is 10.6 Å². The average Bonchev–Trinajstić information content (AvgIpc) is 3.16. The summed E-state index contributed by atoms with van der Waals surface area (Å²) >= 11 is 1.50. The van der Waals surface area contributed by atoms with Gasteiger partial charge in [0.2, 0.25) is 0 Å². The smallest absolute Gasteiger partial charge is 0.261 e. The minimum Gasteiger partial charge on any atom is -0.496 e. The van der Waals surface area contributed by atoms with Crippen LogP contribution in [0.3, 0.4) is 0 Å². The molecule has 2 aromatic heterocycles. The minimum absolute atomic E-state index is 0.0693. The van der Waals surface area contributed by atoms with Crippen LogP contribution in [-0.2, 0) is 6.54 Å². The molecule has 1 amide bonds. The molecule has 3 rings (SSSR count). The second-order valence-corrected chi connectivity index (χ2v) is 7.96. The number of fused-ring (bicyclic) bond motifs is 1. The van der Waals surface area contributed by atoms with Crippen LogP contribution in [0.1, 0.15) is 47.7 Å². The summed E-state index contributed by atoms with van der Waals surface area (Å²) < 4.78 is 7.41. The Hall–Kier alpha value is -2.34. The number of carbonyl (C=O) groups is 1. The molecule has 0 saturated heterocycles. The molecule has 0 aliphatic rings. The van der Waals surface area contributed by atoms with E-state index in [1.54, 1.807) is 7.11 Å². The Morgan fingerprint density at radius 3 is 2.73 bits per heavy atom. The third kappa shape index (κ3) is 3.60. The Morgan fingerprint density at radius 2 is 2.04 bits per heavy atom. The van der Waals surface area contributed by atoms with Crippen LogP contribution in [0.5, 0.6) is 5.75 Å². The number of methoxy groups -OCH3 is 1. The van der Waals surface area contributed by atoms with Crippen LogP contribution in [0.2, 0.25) is 0 Å². The molecule has 0 aliphatic carbocycles. The summed E-state index contributed by atoms with van der Waals surface area (Å²) in [7, 11) is 1.64. The first-order valence-electron chi connectivity index (χ1n) is 8.81. The first-order chi connectivity index (χ1) is 12.4. The van der Waals surface area contributed by atoms with Gasteiger partial charge in [0, 0.05) is 17.5 Å². The summed E-state index contributed by atoms with van der Waals surface area (Å²) in [5, 5.41) is 8.74. The highest BCUT2D eigenvalue weighted by Crippen LogP contribution is 2.30. The molecule has 0 spiro atoms. The fraction of sp³-hybridized carbons (Fsp3) is 0.400. The molecule has 6 heteroatoms. The average molecular weight is 372 g/mol. The monoisotopic (exact) mass is 371 g/mol. The number of thiophene rings is 1. The van der Waals surface area contributed by atoms with Gasteiger partial charge in [-0.05, 0) is 31.9 Å². The van der Waals surface area contributed by atoms with E-state index >= 15 is 0 Å². The lowest BCUT2D eigenvalue weighted by Crippen LogP contribution is -2.26. The lowest BCUT2D eigenvalue weighted by molar-refractivity contribution is 0.0943. The minimum atomic E-state index is -0.142. The number of nitrogens with one attached hydrogen (secondary N) is 1. The van der Waals surface area contributed by atoms with Gasteiger partial charge in [0.05, 0.1) is 23.7 Å². The van der Waals surface area contributed by atoms with Gasteiger partial charge in [-0.1, -0.05) is 32.0 Å². The molecular formula is C20H25N3O2S. The van der Waals surface area contributed by atoms with Crippen LogP contribution >= 0.6 is 11.3 Å². The summed E-state index contributed by atoms with van der Waals surface area (Å²) in [6.07, 6.45) is 0. The second kappa shape index (κ2) is 7.50. The highest BCUT2D eigenvalue weighted by Gasteiger charge is 2.19. The normalized spacial score (nSPS) is 12.5. The number of amides is 1. The van der Waals surface area contributed by atoms with Crippen molar-refractivity contribution in [2.45, 2.75) is 40.3 Å². The van der Waals surface area contributed by atoms with E-state index in [9.17, 15) is 4.79 Å². The molecule has 0 fully saturated rings. The first kappa shape index (κ1) is 18.5. The molecule has 26 heavy (non-hydrogen) atoms. The van der Waals surface area contributed by atoms with E-state index in [4.69, 9.17) is 4.74 Å². The van der Waals surface area contributed by atoms with E-state index in [2.05, 4.69) is 24.3 Å². The van der Waals surface area contributed by atoms with Gasteiger partial charge >= 0.3 is 0 Å². The lowest BCUT2D eigenvalue weighted by Gasteiger charge is -2.16. The highest BCUT2D eigenvalue weighted by molar-refractivity contribution is 7.20. The third-order valence-electron chi connectivity index (χ3n) is 4.32. The summed E-state index contributed by atoms with van der Waals surface area (Å²) in [4.78, 5) is 14.5. The standard InChI is InChI=1S/C20H25N3O2S/c1-12(2)11-23-20-16(14(4)22-23)10-18(26-20)19(24)21-13(3)15-8-6-7-9-17(15)25-5/h6-10,12-13H,11H2,1-5H3,(H,21,24). The largest absolute Gasteiger partial charge is 0.496 e. The zero-order valence-corrected chi connectivity index (χ0v) is 16.7. The molecule has 0 saturated carbocycles. The maximum absolute atomic E-state index is 12.8. The Kier molecular flexibility index (Phi) is 5.32. The molecule has 5 nitrogen and oxygen atoms in total. The number of benzene rings is 1. The first-order valence-corrected chi connectivity index (χ1v) is 9.63. The zero-order valence-electron chi connectivity index (χ0n) is 15.9. The van der Waals surface area contributed by atoms with Crippen LogP contribution < -0.4 is 10.1 Å². The molecule has 0 aliphatic heterocycles. The predicted molar refractivity (Wildman–Crippen MR) is 106 cm³/mol. The van der Waals surface area contributed by atoms with E-state index in [1.165, 1.54) is 11.3 Å². The van der Waals surface area contributed by atoms with Gasteiger partial charge in [-0.25, -0.2) is 0 Å². The van der Waals surface area contributed by atoms with E-state index < -0.39 is 0 Å². The Labute approximate surface area is 158 Å². The topological polar surface area (TPSA) is 56.1 Å². The highest BCUT2D eigenvalue weighted by atomic mass is 32.1. The van der Waals surface area contributed by atoms with Crippen molar-refractivity contribution < 1.29 is 9.53 Å². The Bertz CT molecular complexity index is 926. The van der Waals surface area contributed by atoms with E-state index in [-0.39, 0.29) is 11.9 Å². The zero-order chi connectivity index (χ0) is 18.8. The summed E-state index contributed by atoms with van der Waals surface area (Å²) in [6.45, 7) is 9.14. The van der Waals surface area contributed by atoms with Crippen molar-refractivity contribution in [3.63, 3.8) is 0 Å². The number of hydrogen-bond acceptors (Lipinski definition) is 4. The molecular weight excluding hydrogens is 346 g/mol. The van der Waals surface area contributed by atoms with Crippen molar-refractivity contribution in [3.05, 3.63) is 46.5 Å². The van der Waals surface area contributed by atoms with Gasteiger partial charge in [0.25, 0.3) is 5.91 Å². The van der Waals surface area contributed by atoms with Gasteiger partial charge in [-0.2, -0.15) is 5.10 Å². The number of ether oxygens (including phenoxy) is 1. The third-order valence-corrected chi connectivity index (χ3v) is 5.47. The van der Waals surface area contributed by atoms with Crippen LogP contribution in [0.4, 0.5) is 0 Å². The van der Waals surface area contributed by atoms with Crippen molar-refractivity contribution in [2.24, 2.45) is 5.92 Å². The van der Waals surface area contributed by atoms with Crippen LogP contribution in [-0.4, -0.2) is 22.8 Å². The Morgan fingerprint density at radius 1 is 1.31 bits per heavy atom. The molecule has 1 atom stereocenters. The van der Waals surface area contributed by atoms with Crippen molar-refractivity contribution in [1.82, 2.24) is 15.1 Å². The van der Waals surface area contributed by atoms with Crippen molar-refractivity contribution in [3.8, 4) is 5.75 Å². The molecule has 1 unspecified atom stereocenters. The van der Waals surface area contributed by atoms with Gasteiger partial charge in [-0.15, -0.1) is 11.3 Å². The number of rotatable bonds is 6. The second-order valence-electron chi connectivity index (χ2n) is 6.93. The van der Waals surface area contributed by atoms with Gasteiger partial charge in [0.15, 0.2) is 0 Å². The molecule has 1 aromatic carbocycles. The number of nitrogens with zero attached hydrogens (tertiary/aromatic N) is 2. The van der Waals surface area contributed by atoms with Gasteiger partial charge in [-0.3, -0.25) is 9.48 Å². The molecule has 138 valence electrons. The molecule has 0 bridgehead atoms. The quantitative estimate of drug-likeness (QED) is 0.691. The number of aryl methyl sites for hydroxylation is 1. The maximum Gasteiger partial charge on any atom is 0.261 e. The SMILES string of the molecule is COc1ccccc1C(C)NC(=O)c1cc2c(C)nn(CC(C)C)c2s1. The number of para-hydroxylation sites is 1. The summed E-state index contributed by atoms with van der Waals surface area (Å²) in [5.41, 5.74) is 1.93. The van der Waals surface area contributed by atoms with E-state index in [1.807, 2.05) is 48.9 Å². The summed E-state index contributed by atoms with van der Waals surface area (Å²) in [6, 6.07) is 9.55. The molecule has 1 N–H and O–H groups in total. The number of hydrogen-bond donors (Lipinski definition) is 1. The number of carbonyl (C=O) groups excluding carboxylic acids is 1. The lowest BCUT2D eigenvalue weighted by atomic mass is 10.1. The molecule has 2 heterocycles. The fourth-order valence-corrected chi connectivity index (χ4v) is 4.14. The van der Waals surface area contributed by atoms with E-state index in [0.717, 1.165) is 33.8 Å². The molecule has 3 aromatic rings. The van der Waals surface area contributed by atoms with E-state index in [0.29, 0.717) is 10.8 Å². The summed E-state index contributed by atoms with van der Waals surface area (Å²) in [5.74, 6) is 1.21. The van der Waals surface area contributed by atoms with Crippen LogP contribution in [0.25, 0.3) is 10.2 Å². The van der Waals surface area contributed by atoms with Crippen LogP contribution in [0, 0.1) is 12.8 Å². The van der Waals surface area contributed by atoms with Crippen molar-refractivity contribution in [2.75, 3.05) is 7.11 Å². The van der Waals surface area contributed by atoms with Crippen LogP contribution in [0.15, 0.2) is 30.3 Å². The Balaban J connectivity index is 1.83. The van der Waals surface area contributed by atoms with Crippen molar-refractivity contribution >= 4 is 27.5 Å². The maximum atomic E-state index is 12.8. The van der Waals surface area contributed by atoms with Gasteiger partial charge < -0.3 is 10.1 Å². The molecule has 0 radical (unpaired) electrons.